The van der Waals surface area contributed by atoms with E-state index in [9.17, 15) is 4.79 Å². The zero-order valence-electron chi connectivity index (χ0n) is 14.6. The van der Waals surface area contributed by atoms with E-state index in [1.165, 1.54) is 0 Å². The van der Waals surface area contributed by atoms with Crippen molar-refractivity contribution in [3.05, 3.63) is 65.7 Å². The molecule has 0 fully saturated rings. The molecule has 3 heterocycles. The SMILES string of the molecule is Cc1cc(-c2cccc(C(C)(C)CNC(=O)c3ccccn3)n2)n[nH]1. The fourth-order valence-electron chi connectivity index (χ4n) is 2.48. The number of H-pyrrole nitrogens is 1. The molecule has 1 amide bonds. The Bertz CT molecular complexity index is 870. The molecular formula is C19H21N5O. The maximum absolute atomic E-state index is 12.2. The van der Waals surface area contributed by atoms with Gasteiger partial charge in [0.15, 0.2) is 0 Å². The summed E-state index contributed by atoms with van der Waals surface area (Å²) < 4.78 is 0. The molecule has 3 rings (SSSR count). The van der Waals surface area contributed by atoms with E-state index in [0.29, 0.717) is 12.2 Å². The van der Waals surface area contributed by atoms with Crippen molar-refractivity contribution in [1.29, 1.82) is 0 Å². The molecule has 0 unspecified atom stereocenters. The van der Waals surface area contributed by atoms with Crippen molar-refractivity contribution < 1.29 is 4.79 Å². The predicted molar refractivity (Wildman–Crippen MR) is 96.2 cm³/mol. The van der Waals surface area contributed by atoms with Gasteiger partial charge in [0.2, 0.25) is 0 Å². The number of carbonyl (C=O) groups excluding carboxylic acids is 1. The molecule has 0 aliphatic heterocycles. The normalized spacial score (nSPS) is 11.3. The molecule has 0 saturated carbocycles. The van der Waals surface area contributed by atoms with Gasteiger partial charge >= 0.3 is 0 Å². The Morgan fingerprint density at radius 3 is 2.68 bits per heavy atom. The van der Waals surface area contributed by atoms with Gasteiger partial charge in [0.1, 0.15) is 11.4 Å². The summed E-state index contributed by atoms with van der Waals surface area (Å²) in [6, 6.07) is 13.1. The number of nitrogens with one attached hydrogen (secondary N) is 2. The summed E-state index contributed by atoms with van der Waals surface area (Å²) in [5, 5.41) is 10.1. The lowest BCUT2D eigenvalue weighted by Crippen LogP contribution is -2.37. The zero-order chi connectivity index (χ0) is 17.9. The van der Waals surface area contributed by atoms with E-state index in [1.54, 1.807) is 24.4 Å². The molecule has 25 heavy (non-hydrogen) atoms. The van der Waals surface area contributed by atoms with Crippen LogP contribution in [0.1, 0.15) is 35.7 Å². The van der Waals surface area contributed by atoms with Crippen LogP contribution in [0.4, 0.5) is 0 Å². The number of hydrogen-bond acceptors (Lipinski definition) is 4. The summed E-state index contributed by atoms with van der Waals surface area (Å²) >= 11 is 0. The second-order valence-electron chi connectivity index (χ2n) is 6.63. The second-order valence-corrected chi connectivity index (χ2v) is 6.63. The van der Waals surface area contributed by atoms with Gasteiger partial charge < -0.3 is 5.32 Å². The first-order valence-electron chi connectivity index (χ1n) is 8.15. The van der Waals surface area contributed by atoms with Crippen LogP contribution in [0.15, 0.2) is 48.7 Å². The Balaban J connectivity index is 1.75. The van der Waals surface area contributed by atoms with Crippen molar-refractivity contribution in [1.82, 2.24) is 25.5 Å². The van der Waals surface area contributed by atoms with Crippen molar-refractivity contribution in [2.45, 2.75) is 26.2 Å². The van der Waals surface area contributed by atoms with Crippen LogP contribution in [0.3, 0.4) is 0 Å². The molecule has 0 aliphatic carbocycles. The minimum atomic E-state index is -0.328. The third-order valence-corrected chi connectivity index (χ3v) is 4.00. The molecule has 3 aromatic heterocycles. The minimum absolute atomic E-state index is 0.187. The van der Waals surface area contributed by atoms with E-state index < -0.39 is 0 Å². The van der Waals surface area contributed by atoms with Crippen LogP contribution < -0.4 is 5.32 Å². The average molecular weight is 335 g/mol. The van der Waals surface area contributed by atoms with Crippen LogP contribution >= 0.6 is 0 Å². The summed E-state index contributed by atoms with van der Waals surface area (Å²) in [7, 11) is 0. The number of nitrogens with zero attached hydrogens (tertiary/aromatic N) is 3. The van der Waals surface area contributed by atoms with Crippen LogP contribution in [0.2, 0.25) is 0 Å². The number of rotatable bonds is 5. The summed E-state index contributed by atoms with van der Waals surface area (Å²) in [5.41, 5.74) is 3.59. The third-order valence-electron chi connectivity index (χ3n) is 4.00. The summed E-state index contributed by atoms with van der Waals surface area (Å²) in [6.45, 7) is 6.51. The van der Waals surface area contributed by atoms with E-state index >= 15 is 0 Å². The molecule has 0 radical (unpaired) electrons. The smallest absolute Gasteiger partial charge is 0.269 e. The first-order valence-corrected chi connectivity index (χ1v) is 8.15. The van der Waals surface area contributed by atoms with Gasteiger partial charge in [-0.15, -0.1) is 0 Å². The lowest BCUT2D eigenvalue weighted by molar-refractivity contribution is 0.0940. The van der Waals surface area contributed by atoms with Crippen molar-refractivity contribution in [2.24, 2.45) is 0 Å². The highest BCUT2D eigenvalue weighted by Gasteiger charge is 2.24. The predicted octanol–water partition coefficient (Wildman–Crippen LogP) is 2.88. The molecule has 0 aromatic carbocycles. The average Bonchev–Trinajstić information content (AvgIpc) is 3.07. The summed E-state index contributed by atoms with van der Waals surface area (Å²) in [4.78, 5) is 21.0. The van der Waals surface area contributed by atoms with E-state index in [1.807, 2.05) is 45.0 Å². The first kappa shape index (κ1) is 16.8. The van der Waals surface area contributed by atoms with Gasteiger partial charge in [-0.05, 0) is 37.3 Å². The maximum atomic E-state index is 12.2. The Kier molecular flexibility index (Phi) is 4.61. The van der Waals surface area contributed by atoms with Crippen molar-refractivity contribution in [2.75, 3.05) is 6.54 Å². The Morgan fingerprint density at radius 1 is 1.16 bits per heavy atom. The molecule has 128 valence electrons. The number of pyridine rings is 2. The quantitative estimate of drug-likeness (QED) is 0.751. The van der Waals surface area contributed by atoms with Crippen molar-refractivity contribution in [3.63, 3.8) is 0 Å². The summed E-state index contributed by atoms with van der Waals surface area (Å²) in [6.07, 6.45) is 1.61. The minimum Gasteiger partial charge on any atom is -0.350 e. The van der Waals surface area contributed by atoms with Crippen LogP contribution in [0, 0.1) is 6.92 Å². The zero-order valence-corrected chi connectivity index (χ0v) is 14.6. The highest BCUT2D eigenvalue weighted by Crippen LogP contribution is 2.23. The van der Waals surface area contributed by atoms with Gasteiger partial charge in [-0.25, -0.2) is 0 Å². The molecule has 0 atom stereocenters. The fraction of sp³-hybridized carbons (Fsp3) is 0.263. The van der Waals surface area contributed by atoms with Gasteiger partial charge in [0.25, 0.3) is 5.91 Å². The van der Waals surface area contributed by atoms with Crippen LogP contribution in [-0.4, -0.2) is 32.6 Å². The molecule has 0 spiro atoms. The number of aromatic amines is 1. The molecule has 0 bridgehead atoms. The molecule has 0 saturated heterocycles. The number of carbonyl (C=O) groups is 1. The van der Waals surface area contributed by atoms with Crippen molar-refractivity contribution in [3.8, 4) is 11.4 Å². The van der Waals surface area contributed by atoms with E-state index in [-0.39, 0.29) is 11.3 Å². The second kappa shape index (κ2) is 6.84. The lowest BCUT2D eigenvalue weighted by atomic mass is 9.88. The van der Waals surface area contributed by atoms with E-state index in [2.05, 4.69) is 20.5 Å². The Hall–Kier alpha value is -3.02. The standard InChI is InChI=1S/C19H21N5O/c1-13-11-16(24-23-13)14-8-6-9-17(22-14)19(2,3)12-21-18(25)15-7-4-5-10-20-15/h4-11H,12H2,1-3H3,(H,21,25)(H,23,24). The Morgan fingerprint density at radius 2 is 2.00 bits per heavy atom. The Labute approximate surface area is 146 Å². The third kappa shape index (κ3) is 3.91. The highest BCUT2D eigenvalue weighted by atomic mass is 16.1. The molecule has 6 nitrogen and oxygen atoms in total. The molecule has 3 aromatic rings. The molecule has 2 N–H and O–H groups in total. The lowest BCUT2D eigenvalue weighted by Gasteiger charge is -2.24. The van der Waals surface area contributed by atoms with Crippen LogP contribution in [-0.2, 0) is 5.41 Å². The molecule has 0 aliphatic rings. The summed E-state index contributed by atoms with van der Waals surface area (Å²) in [5.74, 6) is -0.187. The maximum Gasteiger partial charge on any atom is 0.269 e. The van der Waals surface area contributed by atoms with Crippen molar-refractivity contribution >= 4 is 5.91 Å². The van der Waals surface area contributed by atoms with Crippen LogP contribution in [0.5, 0.6) is 0 Å². The number of aromatic nitrogens is 4. The van der Waals surface area contributed by atoms with E-state index in [4.69, 9.17) is 4.98 Å². The number of hydrogen-bond donors (Lipinski definition) is 2. The fourth-order valence-corrected chi connectivity index (χ4v) is 2.48. The van der Waals surface area contributed by atoms with Gasteiger partial charge in [-0.1, -0.05) is 26.0 Å². The topological polar surface area (TPSA) is 83.6 Å². The highest BCUT2D eigenvalue weighted by molar-refractivity contribution is 5.92. The van der Waals surface area contributed by atoms with Gasteiger partial charge in [0, 0.05) is 29.5 Å². The first-order chi connectivity index (χ1) is 12.0. The van der Waals surface area contributed by atoms with Gasteiger partial charge in [-0.2, -0.15) is 5.10 Å². The van der Waals surface area contributed by atoms with E-state index in [0.717, 1.165) is 22.8 Å². The monoisotopic (exact) mass is 335 g/mol. The van der Waals surface area contributed by atoms with Crippen LogP contribution in [0.25, 0.3) is 11.4 Å². The van der Waals surface area contributed by atoms with Gasteiger partial charge in [-0.3, -0.25) is 19.9 Å². The number of aryl methyl sites for hydroxylation is 1. The molecule has 6 heteroatoms. The number of amides is 1. The largest absolute Gasteiger partial charge is 0.350 e. The van der Waals surface area contributed by atoms with Gasteiger partial charge in [0.05, 0.1) is 5.69 Å². The molecular weight excluding hydrogens is 314 g/mol.